The van der Waals surface area contributed by atoms with Crippen LogP contribution in [0.25, 0.3) is 0 Å². The van der Waals surface area contributed by atoms with Gasteiger partial charge in [0.05, 0.1) is 12.1 Å². The number of hydrogen-bond acceptors (Lipinski definition) is 3. The quantitative estimate of drug-likeness (QED) is 0.824. The molecule has 0 aromatic heterocycles. The number of nitrogens with zero attached hydrogens (tertiary/aromatic N) is 1. The zero-order valence-corrected chi connectivity index (χ0v) is 11.0. The molecule has 4 heteroatoms. The van der Waals surface area contributed by atoms with Crippen molar-refractivity contribution in [3.05, 3.63) is 0 Å². The molecule has 0 radical (unpaired) electrons. The van der Waals surface area contributed by atoms with Crippen LogP contribution < -0.4 is 0 Å². The number of carbonyl (C=O) groups is 1. The molecule has 0 atom stereocenters. The van der Waals surface area contributed by atoms with Gasteiger partial charge in [-0.3, -0.25) is 0 Å². The molecule has 2 aliphatic carbocycles. The molecule has 0 saturated heterocycles. The molecule has 0 aliphatic heterocycles. The van der Waals surface area contributed by atoms with Gasteiger partial charge in [0.15, 0.2) is 0 Å². The lowest BCUT2D eigenvalue weighted by molar-refractivity contribution is -0.0646. The van der Waals surface area contributed by atoms with E-state index < -0.39 is 11.2 Å². The lowest BCUT2D eigenvalue weighted by Gasteiger charge is -2.41. The summed E-state index contributed by atoms with van der Waals surface area (Å²) < 4.78 is 5.39. The number of hydrogen-bond donors (Lipinski definition) is 1. The van der Waals surface area contributed by atoms with Gasteiger partial charge in [-0.25, -0.2) is 4.79 Å². The molecule has 0 heterocycles. The monoisotopic (exact) mass is 241 g/mol. The first kappa shape index (κ1) is 12.7. The molecule has 2 rings (SSSR count). The molecule has 1 amide bonds. The summed E-state index contributed by atoms with van der Waals surface area (Å²) >= 11 is 0. The van der Waals surface area contributed by atoms with Crippen LogP contribution in [-0.2, 0) is 4.74 Å². The van der Waals surface area contributed by atoms with E-state index in [0.29, 0.717) is 6.54 Å². The van der Waals surface area contributed by atoms with Crippen molar-refractivity contribution >= 4 is 6.09 Å². The van der Waals surface area contributed by atoms with Crippen molar-refractivity contribution in [2.24, 2.45) is 0 Å². The Morgan fingerprint density at radius 2 is 2.00 bits per heavy atom. The van der Waals surface area contributed by atoms with Crippen molar-refractivity contribution in [2.75, 3.05) is 6.54 Å². The van der Waals surface area contributed by atoms with E-state index in [0.717, 1.165) is 32.1 Å². The number of carbonyl (C=O) groups excluding carboxylic acids is 1. The molecular weight excluding hydrogens is 218 g/mol. The van der Waals surface area contributed by atoms with Crippen molar-refractivity contribution in [3.8, 4) is 0 Å². The highest BCUT2D eigenvalue weighted by atomic mass is 16.6. The maximum absolute atomic E-state index is 12.1. The molecule has 4 nitrogen and oxygen atoms in total. The van der Waals surface area contributed by atoms with Gasteiger partial charge < -0.3 is 14.7 Å². The highest BCUT2D eigenvalue weighted by Crippen LogP contribution is 2.36. The Morgan fingerprint density at radius 1 is 1.41 bits per heavy atom. The molecule has 0 bridgehead atoms. The Hall–Kier alpha value is -0.770. The first-order chi connectivity index (χ1) is 7.79. The summed E-state index contributed by atoms with van der Waals surface area (Å²) in [6.45, 7) is 6.04. The fourth-order valence-corrected chi connectivity index (χ4v) is 2.11. The molecule has 2 fully saturated rings. The number of aliphatic hydroxyl groups is 1. The molecule has 0 spiro atoms. The minimum atomic E-state index is -0.653. The van der Waals surface area contributed by atoms with Gasteiger partial charge in [-0.05, 0) is 52.9 Å². The van der Waals surface area contributed by atoms with Crippen LogP contribution in [0.4, 0.5) is 4.79 Å². The van der Waals surface area contributed by atoms with Gasteiger partial charge in [-0.15, -0.1) is 0 Å². The fraction of sp³-hybridized carbons (Fsp3) is 0.923. The minimum absolute atomic E-state index is 0.277. The predicted octanol–water partition coefficient (Wildman–Crippen LogP) is 2.30. The van der Waals surface area contributed by atoms with Gasteiger partial charge in [-0.1, -0.05) is 0 Å². The molecule has 17 heavy (non-hydrogen) atoms. The second-order valence-corrected chi connectivity index (χ2v) is 6.42. The summed E-state index contributed by atoms with van der Waals surface area (Å²) in [5.74, 6) is 0. The van der Waals surface area contributed by atoms with Gasteiger partial charge in [-0.2, -0.15) is 0 Å². The number of rotatable bonds is 3. The van der Waals surface area contributed by atoms with E-state index in [4.69, 9.17) is 4.74 Å². The summed E-state index contributed by atoms with van der Waals surface area (Å²) in [6.07, 6.45) is 4.46. The van der Waals surface area contributed by atoms with Crippen molar-refractivity contribution in [3.63, 3.8) is 0 Å². The Labute approximate surface area is 103 Å². The van der Waals surface area contributed by atoms with Crippen LogP contribution >= 0.6 is 0 Å². The first-order valence-corrected chi connectivity index (χ1v) is 6.51. The third-order valence-electron chi connectivity index (χ3n) is 3.36. The van der Waals surface area contributed by atoms with E-state index in [-0.39, 0.29) is 12.1 Å². The molecule has 1 N–H and O–H groups in total. The smallest absolute Gasteiger partial charge is 0.410 e. The van der Waals surface area contributed by atoms with Crippen molar-refractivity contribution < 1.29 is 14.6 Å². The summed E-state index contributed by atoms with van der Waals surface area (Å²) in [5, 5.41) is 10.2. The third kappa shape index (κ3) is 3.35. The lowest BCUT2D eigenvalue weighted by atomic mass is 9.80. The van der Waals surface area contributed by atoms with Crippen molar-refractivity contribution in [1.82, 2.24) is 4.90 Å². The summed E-state index contributed by atoms with van der Waals surface area (Å²) in [4.78, 5) is 13.8. The largest absolute Gasteiger partial charge is 0.444 e. The highest BCUT2D eigenvalue weighted by molar-refractivity contribution is 5.69. The standard InChI is InChI=1S/C13H23NO3/c1-12(2,3)17-11(15)14(10-5-6-10)9-13(16)7-4-8-13/h10,16H,4-9H2,1-3H3. The van der Waals surface area contributed by atoms with E-state index >= 15 is 0 Å². The summed E-state index contributed by atoms with van der Waals surface area (Å²) in [5.41, 5.74) is -1.12. The Kier molecular flexibility index (Phi) is 3.10. The average molecular weight is 241 g/mol. The van der Waals surface area contributed by atoms with Crippen LogP contribution in [0.1, 0.15) is 52.9 Å². The summed E-state index contributed by atoms with van der Waals surface area (Å²) in [6, 6.07) is 0.287. The van der Waals surface area contributed by atoms with Crippen LogP contribution in [0, 0.1) is 0 Å². The molecule has 2 saturated carbocycles. The molecule has 98 valence electrons. The van der Waals surface area contributed by atoms with E-state index in [1.54, 1.807) is 4.90 Å². The second kappa shape index (κ2) is 4.16. The highest BCUT2D eigenvalue weighted by Gasteiger charge is 2.43. The van der Waals surface area contributed by atoms with Gasteiger partial charge in [0.2, 0.25) is 0 Å². The van der Waals surface area contributed by atoms with Gasteiger partial charge in [0.25, 0.3) is 0 Å². The van der Waals surface area contributed by atoms with Crippen LogP contribution in [0.5, 0.6) is 0 Å². The Morgan fingerprint density at radius 3 is 2.35 bits per heavy atom. The van der Waals surface area contributed by atoms with Gasteiger partial charge in [0.1, 0.15) is 5.60 Å². The topological polar surface area (TPSA) is 49.8 Å². The molecule has 0 aromatic rings. The van der Waals surface area contributed by atoms with Crippen LogP contribution in [-0.4, -0.2) is 39.9 Å². The zero-order chi connectivity index (χ0) is 12.7. The summed E-state index contributed by atoms with van der Waals surface area (Å²) in [7, 11) is 0. The first-order valence-electron chi connectivity index (χ1n) is 6.51. The molecule has 2 aliphatic rings. The van der Waals surface area contributed by atoms with Gasteiger partial charge in [0, 0.05) is 6.04 Å². The fourth-order valence-electron chi connectivity index (χ4n) is 2.11. The van der Waals surface area contributed by atoms with Crippen molar-refractivity contribution in [2.45, 2.75) is 70.1 Å². The molecular formula is C13H23NO3. The lowest BCUT2D eigenvalue weighted by Crippen LogP contribution is -2.51. The zero-order valence-electron chi connectivity index (χ0n) is 11.0. The molecule has 0 aromatic carbocycles. The van der Waals surface area contributed by atoms with Crippen LogP contribution in [0.15, 0.2) is 0 Å². The maximum Gasteiger partial charge on any atom is 0.410 e. The average Bonchev–Trinajstić information content (AvgIpc) is 2.91. The molecule has 0 unspecified atom stereocenters. The SMILES string of the molecule is CC(C)(C)OC(=O)N(CC1(O)CCC1)C1CC1. The van der Waals surface area contributed by atoms with Crippen LogP contribution in [0.2, 0.25) is 0 Å². The predicted molar refractivity (Wildman–Crippen MR) is 64.8 cm³/mol. The van der Waals surface area contributed by atoms with E-state index in [1.807, 2.05) is 20.8 Å². The number of ether oxygens (including phenoxy) is 1. The number of amides is 1. The normalized spacial score (nSPS) is 22.8. The van der Waals surface area contributed by atoms with E-state index in [9.17, 15) is 9.90 Å². The van der Waals surface area contributed by atoms with E-state index in [2.05, 4.69) is 0 Å². The third-order valence-corrected chi connectivity index (χ3v) is 3.36. The Balaban J connectivity index is 1.94. The van der Waals surface area contributed by atoms with Gasteiger partial charge >= 0.3 is 6.09 Å². The van der Waals surface area contributed by atoms with Crippen LogP contribution in [0.3, 0.4) is 0 Å². The van der Waals surface area contributed by atoms with Crippen molar-refractivity contribution in [1.29, 1.82) is 0 Å². The Bertz CT molecular complexity index is 300. The minimum Gasteiger partial charge on any atom is -0.444 e. The second-order valence-electron chi connectivity index (χ2n) is 6.42. The maximum atomic E-state index is 12.1. The van der Waals surface area contributed by atoms with E-state index in [1.165, 1.54) is 0 Å².